The van der Waals surface area contributed by atoms with Gasteiger partial charge in [-0.2, -0.15) is 0 Å². The summed E-state index contributed by atoms with van der Waals surface area (Å²) in [6.07, 6.45) is 5.27. The maximum atomic E-state index is 11.3. The fourth-order valence-electron chi connectivity index (χ4n) is 4.88. The Morgan fingerprint density at radius 3 is 2.69 bits per heavy atom. The highest BCUT2D eigenvalue weighted by Crippen LogP contribution is 2.30. The first-order valence-electron chi connectivity index (χ1n) is 11.5. The monoisotopic (exact) mass is 433 g/mol. The van der Waals surface area contributed by atoms with E-state index in [0.29, 0.717) is 0 Å². The number of unbranched alkanes of at least 4 members (excludes halogenated alkanes) is 1. The van der Waals surface area contributed by atoms with Crippen molar-refractivity contribution in [1.82, 2.24) is 9.47 Å². The second-order valence-corrected chi connectivity index (χ2v) is 8.67. The molecule has 2 aromatic carbocycles. The van der Waals surface area contributed by atoms with E-state index in [1.807, 2.05) is 24.4 Å². The number of para-hydroxylation sites is 1. The third kappa shape index (κ3) is 4.39. The van der Waals surface area contributed by atoms with Crippen LogP contribution in [0, 0.1) is 0 Å². The van der Waals surface area contributed by atoms with Gasteiger partial charge in [-0.3, -0.25) is 4.90 Å². The second-order valence-electron chi connectivity index (χ2n) is 8.67. The molecule has 1 saturated heterocycles. The van der Waals surface area contributed by atoms with Crippen molar-refractivity contribution < 1.29 is 9.53 Å². The van der Waals surface area contributed by atoms with Gasteiger partial charge in [0.05, 0.1) is 17.8 Å². The number of nitrogens with zero attached hydrogens (tertiary/aromatic N) is 3. The van der Waals surface area contributed by atoms with Gasteiger partial charge in [0.2, 0.25) is 0 Å². The van der Waals surface area contributed by atoms with Gasteiger partial charge >= 0.3 is 6.03 Å². The number of ether oxygens (including phenoxy) is 1. The molecule has 3 N–H and O–H groups in total. The zero-order valence-corrected chi connectivity index (χ0v) is 18.4. The molecule has 3 aromatic rings. The summed E-state index contributed by atoms with van der Waals surface area (Å²) in [6.45, 7) is 7.22. The summed E-state index contributed by atoms with van der Waals surface area (Å²) in [7, 11) is 0. The fraction of sp³-hybridized carbons (Fsp3) is 0.400. The van der Waals surface area contributed by atoms with E-state index in [0.717, 1.165) is 87.5 Å². The molecule has 7 nitrogen and oxygen atoms in total. The van der Waals surface area contributed by atoms with Crippen LogP contribution in [-0.4, -0.2) is 54.8 Å². The lowest BCUT2D eigenvalue weighted by Gasteiger charge is -2.36. The Morgan fingerprint density at radius 2 is 1.84 bits per heavy atom. The van der Waals surface area contributed by atoms with Crippen LogP contribution in [0.5, 0.6) is 5.75 Å². The van der Waals surface area contributed by atoms with Gasteiger partial charge in [-0.05, 0) is 49.2 Å². The zero-order chi connectivity index (χ0) is 21.9. The summed E-state index contributed by atoms with van der Waals surface area (Å²) >= 11 is 0. The lowest BCUT2D eigenvalue weighted by molar-refractivity contribution is 0.251. The predicted molar refractivity (Wildman–Crippen MR) is 129 cm³/mol. The van der Waals surface area contributed by atoms with E-state index >= 15 is 0 Å². The molecule has 168 valence electrons. The molecule has 0 aliphatic carbocycles. The number of rotatable bonds is 7. The number of benzene rings is 2. The molecule has 0 bridgehead atoms. The van der Waals surface area contributed by atoms with E-state index in [1.54, 1.807) is 0 Å². The minimum absolute atomic E-state index is 0.528. The first kappa shape index (κ1) is 20.7. The van der Waals surface area contributed by atoms with Crippen LogP contribution >= 0.6 is 0 Å². The van der Waals surface area contributed by atoms with Crippen LogP contribution in [0.2, 0.25) is 0 Å². The Kier molecular flexibility index (Phi) is 5.90. The van der Waals surface area contributed by atoms with E-state index in [9.17, 15) is 4.79 Å². The number of aromatic nitrogens is 1. The van der Waals surface area contributed by atoms with Crippen molar-refractivity contribution in [2.45, 2.75) is 25.8 Å². The summed E-state index contributed by atoms with van der Waals surface area (Å²) < 4.78 is 7.85. The Morgan fingerprint density at radius 1 is 1.03 bits per heavy atom. The topological polar surface area (TPSA) is 75.8 Å². The quantitative estimate of drug-likeness (QED) is 0.558. The molecule has 0 saturated carbocycles. The number of fused-ring (bicyclic) bond motifs is 2. The largest absolute Gasteiger partial charge is 0.493 e. The van der Waals surface area contributed by atoms with Gasteiger partial charge in [0.1, 0.15) is 5.75 Å². The van der Waals surface area contributed by atoms with Crippen LogP contribution in [0.15, 0.2) is 48.7 Å². The summed E-state index contributed by atoms with van der Waals surface area (Å²) in [5, 5.41) is 3.77. The van der Waals surface area contributed by atoms with Crippen molar-refractivity contribution in [3.8, 4) is 5.75 Å². The molecular weight excluding hydrogens is 402 g/mol. The summed E-state index contributed by atoms with van der Waals surface area (Å²) in [6, 6.07) is 14.2. The van der Waals surface area contributed by atoms with Crippen LogP contribution < -0.4 is 20.7 Å². The zero-order valence-electron chi connectivity index (χ0n) is 18.4. The number of hydrogen-bond acceptors (Lipinski definition) is 4. The van der Waals surface area contributed by atoms with Gasteiger partial charge in [0, 0.05) is 56.4 Å². The molecule has 1 fully saturated rings. The highest BCUT2D eigenvalue weighted by molar-refractivity contribution is 6.00. The molecule has 0 atom stereocenters. The number of nitrogens with one attached hydrogen (secondary N) is 1. The lowest BCUT2D eigenvalue weighted by atomic mass is 10.1. The second kappa shape index (κ2) is 9.12. The lowest BCUT2D eigenvalue weighted by Crippen LogP contribution is -2.46. The standard InChI is InChI=1S/C25H31N5O2/c26-25(31)27-22-18-30(23-6-2-1-5-21(22)23)11-4-3-10-28-12-14-29(15-13-28)20-7-8-24-19(17-20)9-16-32-24/h1-2,5-8,17-18H,3-4,9-16H2,(H3,26,27,31). The summed E-state index contributed by atoms with van der Waals surface area (Å²) in [4.78, 5) is 16.4. The SMILES string of the molecule is NC(=O)Nc1cn(CCCCN2CCN(c3ccc4c(c3)CCO4)CC2)c2ccccc12. The minimum atomic E-state index is -0.528. The molecule has 2 amide bonds. The van der Waals surface area contributed by atoms with Gasteiger partial charge in [-0.1, -0.05) is 18.2 Å². The van der Waals surface area contributed by atoms with Crippen LogP contribution in [0.4, 0.5) is 16.2 Å². The van der Waals surface area contributed by atoms with E-state index in [1.165, 1.54) is 11.3 Å². The van der Waals surface area contributed by atoms with Gasteiger partial charge in [0.15, 0.2) is 0 Å². The van der Waals surface area contributed by atoms with Crippen molar-refractivity contribution in [2.24, 2.45) is 5.73 Å². The number of hydrogen-bond donors (Lipinski definition) is 2. The summed E-state index contributed by atoms with van der Waals surface area (Å²) in [5.41, 5.74) is 9.91. The molecule has 2 aliphatic rings. The molecule has 2 aliphatic heterocycles. The number of anilines is 2. The first-order valence-corrected chi connectivity index (χ1v) is 11.5. The van der Waals surface area contributed by atoms with Crippen LogP contribution in [0.1, 0.15) is 18.4 Å². The normalized spacial score (nSPS) is 16.2. The van der Waals surface area contributed by atoms with Gasteiger partial charge < -0.3 is 25.3 Å². The number of aryl methyl sites for hydroxylation is 1. The molecule has 0 radical (unpaired) electrons. The van der Waals surface area contributed by atoms with Gasteiger partial charge in [-0.15, -0.1) is 0 Å². The van der Waals surface area contributed by atoms with Crippen LogP contribution in [-0.2, 0) is 13.0 Å². The van der Waals surface area contributed by atoms with Crippen LogP contribution in [0.25, 0.3) is 10.9 Å². The highest BCUT2D eigenvalue weighted by atomic mass is 16.5. The van der Waals surface area contributed by atoms with E-state index in [2.05, 4.69) is 43.9 Å². The van der Waals surface area contributed by atoms with Gasteiger partial charge in [-0.25, -0.2) is 4.79 Å². The van der Waals surface area contributed by atoms with Crippen molar-refractivity contribution in [3.63, 3.8) is 0 Å². The Balaban J connectivity index is 1.10. The minimum Gasteiger partial charge on any atom is -0.493 e. The molecule has 32 heavy (non-hydrogen) atoms. The third-order valence-electron chi connectivity index (χ3n) is 6.58. The fourth-order valence-corrected chi connectivity index (χ4v) is 4.88. The molecule has 7 heteroatoms. The maximum Gasteiger partial charge on any atom is 0.316 e. The Bertz CT molecular complexity index is 1100. The first-order chi connectivity index (χ1) is 15.7. The number of piperazine rings is 1. The molecular formula is C25H31N5O2. The molecule has 0 unspecified atom stereocenters. The van der Waals surface area contributed by atoms with E-state index < -0.39 is 6.03 Å². The summed E-state index contributed by atoms with van der Waals surface area (Å²) in [5.74, 6) is 1.06. The molecule has 3 heterocycles. The number of primary amides is 1. The molecule has 5 rings (SSSR count). The van der Waals surface area contributed by atoms with Gasteiger partial charge in [0.25, 0.3) is 0 Å². The predicted octanol–water partition coefficient (Wildman–Crippen LogP) is 3.67. The number of carbonyl (C=O) groups excluding carboxylic acids is 1. The highest BCUT2D eigenvalue weighted by Gasteiger charge is 2.19. The number of urea groups is 1. The maximum absolute atomic E-state index is 11.3. The van der Waals surface area contributed by atoms with Crippen molar-refractivity contribution in [2.75, 3.05) is 49.5 Å². The molecule has 0 spiro atoms. The number of carbonyl (C=O) groups is 1. The number of amides is 2. The Hall–Kier alpha value is -3.19. The molecule has 1 aromatic heterocycles. The average molecular weight is 434 g/mol. The van der Waals surface area contributed by atoms with Crippen molar-refractivity contribution in [3.05, 3.63) is 54.2 Å². The average Bonchev–Trinajstić information content (AvgIpc) is 3.41. The van der Waals surface area contributed by atoms with E-state index in [4.69, 9.17) is 10.5 Å². The van der Waals surface area contributed by atoms with E-state index in [-0.39, 0.29) is 0 Å². The van der Waals surface area contributed by atoms with Crippen molar-refractivity contribution in [1.29, 1.82) is 0 Å². The smallest absolute Gasteiger partial charge is 0.316 e. The van der Waals surface area contributed by atoms with Crippen molar-refractivity contribution >= 4 is 28.3 Å². The Labute approximate surface area is 188 Å². The number of nitrogens with two attached hydrogens (primary N) is 1. The van der Waals surface area contributed by atoms with Crippen LogP contribution in [0.3, 0.4) is 0 Å². The third-order valence-corrected chi connectivity index (χ3v) is 6.58.